The normalized spacial score (nSPS) is 15.7. The standard InChI is InChI=1S/C26H24N2O5S/c1-3-32-25(30)21-19(27)18(15-16-11-7-5-8-12-16)20-23(26(31)33-4-2)34-22(24(29)28(20)21)17-13-9-6-10-14-17/h5-15,22H,3-4,27H2,1-2H3/b18-15+. The number of nitrogen functional groups attached to an aromatic ring is 1. The van der Waals surface area contributed by atoms with Crippen molar-refractivity contribution in [2.24, 2.45) is 0 Å². The maximum atomic E-state index is 13.8. The van der Waals surface area contributed by atoms with Gasteiger partial charge in [0.15, 0.2) is 5.69 Å². The number of fused-ring (bicyclic) bond motifs is 1. The molecule has 0 saturated carbocycles. The van der Waals surface area contributed by atoms with Gasteiger partial charge in [-0.2, -0.15) is 0 Å². The smallest absolute Gasteiger partial charge is 0.357 e. The molecule has 0 aliphatic carbocycles. The van der Waals surface area contributed by atoms with Crippen LogP contribution in [0, 0.1) is 0 Å². The van der Waals surface area contributed by atoms with E-state index in [9.17, 15) is 14.4 Å². The third-order valence-electron chi connectivity index (χ3n) is 5.29. The molecule has 1 unspecified atom stereocenters. The zero-order valence-corrected chi connectivity index (χ0v) is 19.6. The van der Waals surface area contributed by atoms with Crippen molar-refractivity contribution in [3.63, 3.8) is 0 Å². The first-order valence-electron chi connectivity index (χ1n) is 10.9. The van der Waals surface area contributed by atoms with Gasteiger partial charge >= 0.3 is 11.9 Å². The fourth-order valence-electron chi connectivity index (χ4n) is 3.84. The van der Waals surface area contributed by atoms with Crippen LogP contribution >= 0.6 is 11.8 Å². The predicted molar refractivity (Wildman–Crippen MR) is 132 cm³/mol. The van der Waals surface area contributed by atoms with E-state index in [1.807, 2.05) is 48.5 Å². The Morgan fingerprint density at radius 1 is 0.971 bits per heavy atom. The lowest BCUT2D eigenvalue weighted by molar-refractivity contribution is -0.135. The monoisotopic (exact) mass is 476 g/mol. The van der Waals surface area contributed by atoms with Crippen LogP contribution in [0.3, 0.4) is 0 Å². The Balaban J connectivity index is 2.10. The van der Waals surface area contributed by atoms with Crippen molar-refractivity contribution >= 4 is 46.3 Å². The summed E-state index contributed by atoms with van der Waals surface area (Å²) in [7, 11) is 0. The first-order valence-corrected chi connectivity index (χ1v) is 11.8. The number of esters is 2. The average Bonchev–Trinajstić information content (AvgIpc) is 3.13. The van der Waals surface area contributed by atoms with E-state index in [0.29, 0.717) is 10.8 Å². The molecule has 7 nitrogen and oxygen atoms in total. The summed E-state index contributed by atoms with van der Waals surface area (Å²) in [5.41, 5.74) is 7.94. The number of nitrogens with zero attached hydrogens (tertiary/aromatic N) is 1. The molecule has 2 heterocycles. The molecule has 0 bridgehead atoms. The number of anilines is 1. The Hall–Kier alpha value is -3.78. The van der Waals surface area contributed by atoms with Gasteiger partial charge in [0.2, 0.25) is 5.91 Å². The van der Waals surface area contributed by atoms with Crippen LogP contribution in [0.25, 0.3) is 11.0 Å². The summed E-state index contributed by atoms with van der Waals surface area (Å²) in [6.45, 7) is 3.65. The van der Waals surface area contributed by atoms with Crippen molar-refractivity contribution in [1.82, 2.24) is 4.57 Å². The van der Waals surface area contributed by atoms with E-state index >= 15 is 0 Å². The van der Waals surface area contributed by atoms with Crippen LogP contribution < -0.4 is 16.3 Å². The minimum atomic E-state index is -0.766. The van der Waals surface area contributed by atoms with Crippen molar-refractivity contribution in [3.8, 4) is 0 Å². The van der Waals surface area contributed by atoms with Crippen molar-refractivity contribution in [2.75, 3.05) is 18.9 Å². The highest BCUT2D eigenvalue weighted by molar-refractivity contribution is 8.10. The Bertz CT molecular complexity index is 1360. The lowest BCUT2D eigenvalue weighted by atomic mass is 10.1. The molecule has 174 valence electrons. The topological polar surface area (TPSA) is 101 Å². The highest BCUT2D eigenvalue weighted by atomic mass is 32.2. The minimum Gasteiger partial charge on any atom is -0.462 e. The van der Waals surface area contributed by atoms with Gasteiger partial charge in [-0.1, -0.05) is 72.4 Å². The van der Waals surface area contributed by atoms with E-state index in [1.54, 1.807) is 32.1 Å². The first kappa shape index (κ1) is 23.4. The predicted octanol–water partition coefficient (Wildman–Crippen LogP) is 2.88. The molecule has 34 heavy (non-hydrogen) atoms. The third kappa shape index (κ3) is 4.24. The molecular weight excluding hydrogens is 452 g/mol. The summed E-state index contributed by atoms with van der Waals surface area (Å²) >= 11 is 1.10. The second-order valence-corrected chi connectivity index (χ2v) is 8.55. The molecule has 4 rings (SSSR count). The maximum absolute atomic E-state index is 13.8. The Kier molecular flexibility index (Phi) is 6.88. The highest BCUT2D eigenvalue weighted by Crippen LogP contribution is 2.39. The van der Waals surface area contributed by atoms with Crippen molar-refractivity contribution < 1.29 is 23.9 Å². The molecule has 0 fully saturated rings. The van der Waals surface area contributed by atoms with Gasteiger partial charge in [-0.15, -0.1) is 0 Å². The van der Waals surface area contributed by atoms with Gasteiger partial charge in [0.05, 0.1) is 24.3 Å². The summed E-state index contributed by atoms with van der Waals surface area (Å²) in [4.78, 5) is 40.1. The average molecular weight is 477 g/mol. The van der Waals surface area contributed by atoms with Gasteiger partial charge in [0.1, 0.15) is 10.2 Å². The SMILES string of the molecule is CCOC(=O)C1=c2/c(=C/c3ccccc3)c(N)c(C(=O)OCC)n2C(=O)C(c2ccccc2)S1. The number of ether oxygens (including phenoxy) is 2. The van der Waals surface area contributed by atoms with Crippen LogP contribution in [0.5, 0.6) is 0 Å². The molecule has 2 N–H and O–H groups in total. The van der Waals surface area contributed by atoms with Gasteiger partial charge in [-0.3, -0.25) is 9.36 Å². The number of aromatic nitrogens is 1. The van der Waals surface area contributed by atoms with Gasteiger partial charge in [-0.25, -0.2) is 9.59 Å². The van der Waals surface area contributed by atoms with Crippen molar-refractivity contribution in [3.05, 3.63) is 88.1 Å². The summed E-state index contributed by atoms with van der Waals surface area (Å²) in [6.07, 6.45) is 1.75. The number of carbonyl (C=O) groups is 3. The summed E-state index contributed by atoms with van der Waals surface area (Å²) in [6, 6.07) is 18.4. The van der Waals surface area contributed by atoms with Gasteiger partial charge in [-0.05, 0) is 31.1 Å². The van der Waals surface area contributed by atoms with E-state index in [2.05, 4.69) is 0 Å². The number of rotatable bonds is 6. The van der Waals surface area contributed by atoms with Crippen LogP contribution in [0.15, 0.2) is 60.7 Å². The van der Waals surface area contributed by atoms with E-state index in [1.165, 1.54) is 4.57 Å². The molecule has 1 aliphatic heterocycles. The number of hydrogen-bond donors (Lipinski definition) is 1. The van der Waals surface area contributed by atoms with Crippen molar-refractivity contribution in [1.29, 1.82) is 0 Å². The summed E-state index contributed by atoms with van der Waals surface area (Å²) in [5.74, 6) is -1.70. The third-order valence-corrected chi connectivity index (χ3v) is 6.59. The first-order chi connectivity index (χ1) is 16.5. The highest BCUT2D eigenvalue weighted by Gasteiger charge is 2.38. The van der Waals surface area contributed by atoms with Gasteiger partial charge < -0.3 is 15.2 Å². The largest absolute Gasteiger partial charge is 0.462 e. The van der Waals surface area contributed by atoms with Crippen molar-refractivity contribution in [2.45, 2.75) is 19.1 Å². The molecule has 0 radical (unpaired) electrons. The van der Waals surface area contributed by atoms with Gasteiger partial charge in [0, 0.05) is 5.22 Å². The Morgan fingerprint density at radius 3 is 2.18 bits per heavy atom. The number of hydrogen-bond acceptors (Lipinski definition) is 7. The van der Waals surface area contributed by atoms with Crippen LogP contribution in [0.1, 0.15) is 45.5 Å². The van der Waals surface area contributed by atoms with E-state index in [0.717, 1.165) is 17.3 Å². The lowest BCUT2D eigenvalue weighted by Crippen LogP contribution is -2.42. The molecule has 1 atom stereocenters. The molecule has 3 aromatic rings. The maximum Gasteiger partial charge on any atom is 0.357 e. The minimum absolute atomic E-state index is 0.0711. The lowest BCUT2D eigenvalue weighted by Gasteiger charge is -2.23. The number of benzene rings is 2. The second-order valence-electron chi connectivity index (χ2n) is 7.43. The van der Waals surface area contributed by atoms with E-state index in [-0.39, 0.29) is 40.8 Å². The number of nitrogens with two attached hydrogens (primary N) is 1. The van der Waals surface area contributed by atoms with E-state index in [4.69, 9.17) is 15.2 Å². The zero-order valence-electron chi connectivity index (χ0n) is 18.8. The van der Waals surface area contributed by atoms with Crippen LogP contribution in [-0.4, -0.2) is 35.6 Å². The molecular formula is C26H24N2O5S. The fraction of sp³-hybridized carbons (Fsp3) is 0.192. The van der Waals surface area contributed by atoms with Crippen LogP contribution in [-0.2, 0) is 14.3 Å². The molecule has 1 aromatic heterocycles. The Labute approximate surface area is 200 Å². The van der Waals surface area contributed by atoms with Gasteiger partial charge in [0.25, 0.3) is 0 Å². The number of carbonyl (C=O) groups excluding carboxylic acids is 3. The van der Waals surface area contributed by atoms with E-state index < -0.39 is 17.2 Å². The van der Waals surface area contributed by atoms with Crippen LogP contribution in [0.2, 0.25) is 0 Å². The second kappa shape index (κ2) is 10.0. The zero-order chi connectivity index (χ0) is 24.2. The van der Waals surface area contributed by atoms with Crippen LogP contribution in [0.4, 0.5) is 5.69 Å². The molecule has 1 aliphatic rings. The molecule has 0 amide bonds. The summed E-state index contributed by atoms with van der Waals surface area (Å²) < 4.78 is 11.8. The molecule has 8 heteroatoms. The fourth-order valence-corrected chi connectivity index (χ4v) is 5.04. The molecule has 2 aromatic carbocycles. The molecule has 0 saturated heterocycles. The molecule has 0 spiro atoms. The Morgan fingerprint density at radius 2 is 1.56 bits per heavy atom. The number of thioether (sulfide) groups is 1. The summed E-state index contributed by atoms with van der Waals surface area (Å²) in [5, 5.41) is -0.132. The quantitative estimate of drug-likeness (QED) is 0.546.